The van der Waals surface area contributed by atoms with Crippen LogP contribution in [0.4, 0.5) is 4.39 Å². The van der Waals surface area contributed by atoms with E-state index in [1.54, 1.807) is 12.1 Å². The molecule has 0 spiro atoms. The number of primary amides is 1. The monoisotopic (exact) mass is 351 g/mol. The molecule has 0 fully saturated rings. The van der Waals surface area contributed by atoms with E-state index in [2.05, 4.69) is 32.6 Å². The molecule has 2 N–H and O–H groups in total. The van der Waals surface area contributed by atoms with Crippen LogP contribution < -0.4 is 5.73 Å². The van der Waals surface area contributed by atoms with Crippen LogP contribution in [-0.4, -0.2) is 55.0 Å². The highest BCUT2D eigenvalue weighted by atomic mass is 19.1. The summed E-state index contributed by atoms with van der Waals surface area (Å²) in [6.07, 6.45) is 1.24. The summed E-state index contributed by atoms with van der Waals surface area (Å²) in [7, 11) is 3.95. The maximum absolute atomic E-state index is 13.4. The van der Waals surface area contributed by atoms with Crippen LogP contribution in [0.3, 0.4) is 0 Å². The van der Waals surface area contributed by atoms with Gasteiger partial charge in [0.15, 0.2) is 0 Å². The molecule has 0 aliphatic rings. The van der Waals surface area contributed by atoms with Gasteiger partial charge in [0.2, 0.25) is 5.91 Å². The fourth-order valence-electron chi connectivity index (χ4n) is 3.42. The van der Waals surface area contributed by atoms with E-state index in [4.69, 9.17) is 5.73 Å². The quantitative estimate of drug-likeness (QED) is 0.705. The summed E-state index contributed by atoms with van der Waals surface area (Å²) in [6.45, 7) is 10.1. The number of carbonyl (C=O) groups is 1. The topological polar surface area (TPSA) is 49.6 Å². The second kappa shape index (κ2) is 9.30. The SMILES string of the molecule is CC(C)N(CCC(CCN(C)C)(C(N)=O)c1ccc(F)cc1)C(C)C. The Bertz CT molecular complexity index is 534. The standard InChI is InChI=1S/C20H34FN3O/c1-15(2)24(16(3)4)14-12-20(19(22)25,11-13-23(5)6)17-7-9-18(21)10-8-17/h7-10,15-16H,11-14H2,1-6H3,(H2,22,25). The molecule has 1 aromatic rings. The Kier molecular flexibility index (Phi) is 8.03. The second-order valence-corrected chi connectivity index (χ2v) is 7.68. The molecule has 0 bridgehead atoms. The minimum absolute atomic E-state index is 0.305. The molecule has 5 heteroatoms. The van der Waals surface area contributed by atoms with Gasteiger partial charge in [0.1, 0.15) is 5.82 Å². The highest BCUT2D eigenvalue weighted by molar-refractivity contribution is 5.86. The van der Waals surface area contributed by atoms with Crippen LogP contribution >= 0.6 is 0 Å². The van der Waals surface area contributed by atoms with Gasteiger partial charge in [0, 0.05) is 18.6 Å². The molecule has 0 aliphatic heterocycles. The maximum atomic E-state index is 13.4. The Morgan fingerprint density at radius 3 is 1.92 bits per heavy atom. The minimum atomic E-state index is -0.792. The molecule has 1 unspecified atom stereocenters. The summed E-state index contributed by atoms with van der Waals surface area (Å²) in [4.78, 5) is 17.0. The third kappa shape index (κ3) is 5.79. The largest absolute Gasteiger partial charge is 0.369 e. The molecule has 1 rings (SSSR count). The number of halogens is 1. The fraction of sp³-hybridized carbons (Fsp3) is 0.650. The van der Waals surface area contributed by atoms with Crippen molar-refractivity contribution in [2.75, 3.05) is 27.2 Å². The van der Waals surface area contributed by atoms with Gasteiger partial charge >= 0.3 is 0 Å². The molecule has 1 aromatic carbocycles. The summed E-state index contributed by atoms with van der Waals surface area (Å²) < 4.78 is 13.4. The van der Waals surface area contributed by atoms with Crippen molar-refractivity contribution in [1.82, 2.24) is 9.80 Å². The van der Waals surface area contributed by atoms with E-state index in [9.17, 15) is 9.18 Å². The number of nitrogens with two attached hydrogens (primary N) is 1. The number of rotatable bonds is 10. The number of benzene rings is 1. The average Bonchev–Trinajstić information content (AvgIpc) is 2.50. The molecular weight excluding hydrogens is 317 g/mol. The van der Waals surface area contributed by atoms with Crippen LogP contribution in [0.1, 0.15) is 46.1 Å². The van der Waals surface area contributed by atoms with E-state index in [-0.39, 0.29) is 11.7 Å². The lowest BCUT2D eigenvalue weighted by atomic mass is 9.73. The van der Waals surface area contributed by atoms with Crippen molar-refractivity contribution in [1.29, 1.82) is 0 Å². The molecule has 0 saturated carbocycles. The van der Waals surface area contributed by atoms with Gasteiger partial charge in [-0.15, -0.1) is 0 Å². The predicted molar refractivity (Wildman–Crippen MR) is 102 cm³/mol. The number of hydrogen-bond acceptors (Lipinski definition) is 3. The Morgan fingerprint density at radius 2 is 1.52 bits per heavy atom. The zero-order valence-electron chi connectivity index (χ0n) is 16.6. The summed E-state index contributed by atoms with van der Waals surface area (Å²) in [6, 6.07) is 6.98. The van der Waals surface area contributed by atoms with Gasteiger partial charge in [0.05, 0.1) is 5.41 Å². The first kappa shape index (κ1) is 21.6. The van der Waals surface area contributed by atoms with Gasteiger partial charge in [-0.05, 0) is 78.9 Å². The number of nitrogens with zero attached hydrogens (tertiary/aromatic N) is 2. The molecule has 4 nitrogen and oxygen atoms in total. The molecule has 1 atom stereocenters. The highest BCUT2D eigenvalue weighted by Crippen LogP contribution is 2.33. The van der Waals surface area contributed by atoms with Crippen molar-refractivity contribution in [3.63, 3.8) is 0 Å². The molecule has 0 radical (unpaired) electrons. The molecule has 0 heterocycles. The molecule has 0 aromatic heterocycles. The van der Waals surface area contributed by atoms with Crippen LogP contribution in [0.2, 0.25) is 0 Å². The average molecular weight is 352 g/mol. The summed E-state index contributed by atoms with van der Waals surface area (Å²) >= 11 is 0. The molecule has 1 amide bonds. The smallest absolute Gasteiger partial charge is 0.228 e. The van der Waals surface area contributed by atoms with E-state index in [0.29, 0.717) is 24.9 Å². The zero-order chi connectivity index (χ0) is 19.2. The van der Waals surface area contributed by atoms with E-state index < -0.39 is 5.41 Å². The van der Waals surface area contributed by atoms with E-state index in [0.717, 1.165) is 18.7 Å². The molecule has 142 valence electrons. The van der Waals surface area contributed by atoms with Crippen molar-refractivity contribution < 1.29 is 9.18 Å². The van der Waals surface area contributed by atoms with Gasteiger partial charge in [-0.2, -0.15) is 0 Å². The van der Waals surface area contributed by atoms with Crippen LogP contribution in [0, 0.1) is 5.82 Å². The van der Waals surface area contributed by atoms with Crippen molar-refractivity contribution in [3.05, 3.63) is 35.6 Å². The molecule has 25 heavy (non-hydrogen) atoms. The molecule has 0 saturated heterocycles. The van der Waals surface area contributed by atoms with Gasteiger partial charge in [-0.25, -0.2) is 4.39 Å². The molecule has 0 aliphatic carbocycles. The van der Waals surface area contributed by atoms with E-state index in [1.807, 2.05) is 19.0 Å². The Labute approximate surface area is 152 Å². The van der Waals surface area contributed by atoms with Crippen LogP contribution in [0.5, 0.6) is 0 Å². The van der Waals surface area contributed by atoms with Crippen molar-refractivity contribution in [2.24, 2.45) is 5.73 Å². The molecular formula is C20H34FN3O. The summed E-state index contributed by atoms with van der Waals surface area (Å²) in [5.41, 5.74) is 5.91. The van der Waals surface area contributed by atoms with Gasteiger partial charge in [-0.1, -0.05) is 12.1 Å². The third-order valence-electron chi connectivity index (χ3n) is 4.98. The zero-order valence-corrected chi connectivity index (χ0v) is 16.6. The Morgan fingerprint density at radius 1 is 1.04 bits per heavy atom. The minimum Gasteiger partial charge on any atom is -0.369 e. The third-order valence-corrected chi connectivity index (χ3v) is 4.98. The predicted octanol–water partition coefficient (Wildman–Crippen LogP) is 3.01. The first-order valence-electron chi connectivity index (χ1n) is 9.06. The van der Waals surface area contributed by atoms with Gasteiger partial charge in [-0.3, -0.25) is 9.69 Å². The lowest BCUT2D eigenvalue weighted by molar-refractivity contribution is -0.124. The van der Waals surface area contributed by atoms with E-state index >= 15 is 0 Å². The maximum Gasteiger partial charge on any atom is 0.228 e. The lowest BCUT2D eigenvalue weighted by Gasteiger charge is -2.37. The van der Waals surface area contributed by atoms with Gasteiger partial charge in [0.25, 0.3) is 0 Å². The lowest BCUT2D eigenvalue weighted by Crippen LogP contribution is -2.47. The van der Waals surface area contributed by atoms with Crippen molar-refractivity contribution >= 4 is 5.91 Å². The second-order valence-electron chi connectivity index (χ2n) is 7.68. The first-order chi connectivity index (χ1) is 11.6. The Hall–Kier alpha value is -1.46. The van der Waals surface area contributed by atoms with E-state index in [1.165, 1.54) is 12.1 Å². The van der Waals surface area contributed by atoms with Crippen LogP contribution in [0.25, 0.3) is 0 Å². The fourth-order valence-corrected chi connectivity index (χ4v) is 3.42. The van der Waals surface area contributed by atoms with Crippen molar-refractivity contribution in [3.8, 4) is 0 Å². The van der Waals surface area contributed by atoms with Crippen molar-refractivity contribution in [2.45, 2.75) is 58.0 Å². The highest BCUT2D eigenvalue weighted by Gasteiger charge is 2.38. The normalized spacial score (nSPS) is 14.5. The number of amides is 1. The van der Waals surface area contributed by atoms with Gasteiger partial charge < -0.3 is 10.6 Å². The van der Waals surface area contributed by atoms with Crippen LogP contribution in [0.15, 0.2) is 24.3 Å². The number of hydrogen-bond donors (Lipinski definition) is 1. The first-order valence-corrected chi connectivity index (χ1v) is 9.06. The summed E-state index contributed by atoms with van der Waals surface area (Å²) in [5, 5.41) is 0. The number of carbonyl (C=O) groups excluding carboxylic acids is 1. The summed E-state index contributed by atoms with van der Waals surface area (Å²) in [5.74, 6) is -0.644. The van der Waals surface area contributed by atoms with Crippen LogP contribution in [-0.2, 0) is 10.2 Å². The Balaban J connectivity index is 3.19.